The van der Waals surface area contributed by atoms with Crippen LogP contribution in [0.2, 0.25) is 0 Å². The predicted octanol–water partition coefficient (Wildman–Crippen LogP) is 2.90. The molecule has 3 N–H and O–H groups in total. The summed E-state index contributed by atoms with van der Waals surface area (Å²) in [5.74, 6) is 0.435. The highest BCUT2D eigenvalue weighted by atomic mass is 19.4. The molecule has 1 atom stereocenters. The molecule has 0 spiro atoms. The first-order chi connectivity index (χ1) is 11.3. The normalized spacial score (nSPS) is 22.5. The minimum Gasteiger partial charge on any atom is -0.497 e. The van der Waals surface area contributed by atoms with Crippen LogP contribution in [0.15, 0.2) is 24.3 Å². The molecule has 0 heterocycles. The minimum absolute atomic E-state index is 0.0717. The van der Waals surface area contributed by atoms with Crippen molar-refractivity contribution in [2.24, 2.45) is 0 Å². The van der Waals surface area contributed by atoms with Gasteiger partial charge in [-0.25, -0.2) is 4.79 Å². The second-order valence-corrected chi connectivity index (χ2v) is 5.87. The highest BCUT2D eigenvalue weighted by molar-refractivity contribution is 5.75. The average molecular weight is 346 g/mol. The second kappa shape index (κ2) is 7.74. The van der Waals surface area contributed by atoms with Gasteiger partial charge in [-0.3, -0.25) is 0 Å². The molecule has 1 fully saturated rings. The summed E-state index contributed by atoms with van der Waals surface area (Å²) < 4.78 is 44.7. The number of hydrogen-bond donors (Lipinski definition) is 3. The van der Waals surface area contributed by atoms with Crippen LogP contribution in [0.1, 0.15) is 37.3 Å². The fourth-order valence-electron chi connectivity index (χ4n) is 2.73. The predicted molar refractivity (Wildman–Crippen MR) is 81.7 cm³/mol. The molecule has 1 aromatic carbocycles. The first kappa shape index (κ1) is 18.4. The summed E-state index contributed by atoms with van der Waals surface area (Å²) in [7, 11) is 1.42. The largest absolute Gasteiger partial charge is 0.497 e. The van der Waals surface area contributed by atoms with E-state index in [0.29, 0.717) is 31.4 Å². The van der Waals surface area contributed by atoms with Crippen molar-refractivity contribution in [3.8, 4) is 5.75 Å². The molecule has 1 saturated carbocycles. The molecule has 1 unspecified atom stereocenters. The van der Waals surface area contributed by atoms with E-state index in [-0.39, 0.29) is 11.6 Å². The number of methoxy groups -OCH3 is 1. The molecule has 8 heteroatoms. The van der Waals surface area contributed by atoms with Crippen molar-refractivity contribution >= 4 is 6.03 Å². The Bertz CT molecular complexity index is 540. The molecule has 1 aliphatic carbocycles. The number of aliphatic hydroxyl groups excluding tert-OH is 1. The highest BCUT2D eigenvalue weighted by Gasteiger charge is 2.42. The number of alkyl halides is 3. The van der Waals surface area contributed by atoms with Crippen molar-refractivity contribution in [1.82, 2.24) is 10.6 Å². The van der Waals surface area contributed by atoms with Gasteiger partial charge in [0.25, 0.3) is 0 Å². The zero-order valence-corrected chi connectivity index (χ0v) is 13.3. The molecular weight excluding hydrogens is 325 g/mol. The Balaban J connectivity index is 2.01. The van der Waals surface area contributed by atoms with Crippen LogP contribution in [0.5, 0.6) is 5.75 Å². The fraction of sp³-hybridized carbons (Fsp3) is 0.562. The van der Waals surface area contributed by atoms with Gasteiger partial charge in [0.2, 0.25) is 0 Å². The molecule has 0 bridgehead atoms. The third-order valence-corrected chi connectivity index (χ3v) is 4.08. The Morgan fingerprint density at radius 1 is 1.21 bits per heavy atom. The van der Waals surface area contributed by atoms with Crippen molar-refractivity contribution in [2.75, 3.05) is 7.11 Å². The van der Waals surface area contributed by atoms with Crippen LogP contribution in [0.3, 0.4) is 0 Å². The van der Waals surface area contributed by atoms with Crippen LogP contribution >= 0.6 is 0 Å². The van der Waals surface area contributed by atoms with E-state index in [0.717, 1.165) is 0 Å². The number of carbonyl (C=O) groups excluding carboxylic acids is 1. The number of hydrogen-bond acceptors (Lipinski definition) is 3. The number of nitrogens with one attached hydrogen (secondary N) is 2. The van der Waals surface area contributed by atoms with Gasteiger partial charge in [0, 0.05) is 6.04 Å². The smallest absolute Gasteiger partial charge is 0.412 e. The summed E-state index contributed by atoms with van der Waals surface area (Å²) in [6.07, 6.45) is -2.84. The van der Waals surface area contributed by atoms with Gasteiger partial charge in [-0.1, -0.05) is 12.1 Å². The summed E-state index contributed by atoms with van der Waals surface area (Å²) in [4.78, 5) is 11.9. The molecule has 0 aromatic heterocycles. The van der Waals surface area contributed by atoms with Crippen LogP contribution < -0.4 is 15.4 Å². The van der Waals surface area contributed by atoms with Gasteiger partial charge < -0.3 is 20.5 Å². The van der Waals surface area contributed by atoms with Crippen molar-refractivity contribution in [2.45, 2.75) is 50.0 Å². The third kappa shape index (κ3) is 5.02. The Hall–Kier alpha value is -1.96. The average Bonchev–Trinajstić information content (AvgIpc) is 2.54. The van der Waals surface area contributed by atoms with E-state index in [1.807, 2.05) is 5.32 Å². The first-order valence-corrected chi connectivity index (χ1v) is 7.75. The zero-order chi connectivity index (χ0) is 17.7. The summed E-state index contributed by atoms with van der Waals surface area (Å²) in [6.45, 7) is 0. The third-order valence-electron chi connectivity index (χ3n) is 4.08. The monoisotopic (exact) mass is 346 g/mol. The zero-order valence-electron chi connectivity index (χ0n) is 13.3. The number of rotatable bonds is 4. The topological polar surface area (TPSA) is 70.6 Å². The van der Waals surface area contributed by atoms with Crippen LogP contribution in [-0.4, -0.2) is 36.6 Å². The fourth-order valence-corrected chi connectivity index (χ4v) is 2.73. The summed E-state index contributed by atoms with van der Waals surface area (Å²) in [5.41, 5.74) is -0.0717. The molecule has 0 saturated heterocycles. The maximum Gasteiger partial charge on any atom is 0.412 e. The van der Waals surface area contributed by atoms with Crippen molar-refractivity contribution in [3.05, 3.63) is 29.8 Å². The maximum atomic E-state index is 13.3. The van der Waals surface area contributed by atoms with Gasteiger partial charge in [0.15, 0.2) is 6.04 Å². The quantitative estimate of drug-likeness (QED) is 0.785. The van der Waals surface area contributed by atoms with Crippen LogP contribution in [0.25, 0.3) is 0 Å². The molecule has 134 valence electrons. The maximum absolute atomic E-state index is 13.3. The lowest BCUT2D eigenvalue weighted by molar-refractivity contribution is -0.155. The summed E-state index contributed by atoms with van der Waals surface area (Å²) in [6, 6.07) is 2.18. The molecule has 5 nitrogen and oxygen atoms in total. The standard InChI is InChI=1S/C16H21F3N2O3/c1-24-13-8-2-10(3-9-13)14(16(17,18)19)21-15(23)20-11-4-6-12(22)7-5-11/h2-3,8-9,11-12,14,22H,4-7H2,1H3,(H2,20,21,23). The lowest BCUT2D eigenvalue weighted by Crippen LogP contribution is -2.48. The van der Waals surface area contributed by atoms with Crippen LogP contribution in [-0.2, 0) is 0 Å². The molecule has 2 amide bonds. The summed E-state index contributed by atoms with van der Waals surface area (Å²) >= 11 is 0. The van der Waals surface area contributed by atoms with E-state index in [2.05, 4.69) is 5.32 Å². The number of benzene rings is 1. The Morgan fingerprint density at radius 3 is 2.29 bits per heavy atom. The second-order valence-electron chi connectivity index (χ2n) is 5.87. The van der Waals surface area contributed by atoms with E-state index >= 15 is 0 Å². The number of urea groups is 1. The van der Waals surface area contributed by atoms with E-state index in [1.54, 1.807) is 0 Å². The van der Waals surface area contributed by atoms with E-state index < -0.39 is 24.4 Å². The number of aliphatic hydroxyl groups is 1. The van der Waals surface area contributed by atoms with Gasteiger partial charge in [-0.2, -0.15) is 13.2 Å². The highest BCUT2D eigenvalue weighted by Crippen LogP contribution is 2.33. The molecule has 2 rings (SSSR count). The van der Waals surface area contributed by atoms with E-state index in [9.17, 15) is 23.1 Å². The molecule has 24 heavy (non-hydrogen) atoms. The lowest BCUT2D eigenvalue weighted by Gasteiger charge is -2.28. The van der Waals surface area contributed by atoms with Crippen LogP contribution in [0, 0.1) is 0 Å². The Morgan fingerprint density at radius 2 is 1.79 bits per heavy atom. The van der Waals surface area contributed by atoms with E-state index in [1.165, 1.54) is 31.4 Å². The number of amides is 2. The Kier molecular flexibility index (Phi) is 5.93. The molecule has 1 aliphatic rings. The number of carbonyl (C=O) groups is 1. The minimum atomic E-state index is -4.62. The van der Waals surface area contributed by atoms with Crippen molar-refractivity contribution < 1.29 is 27.8 Å². The van der Waals surface area contributed by atoms with Crippen molar-refractivity contribution in [3.63, 3.8) is 0 Å². The Labute approximate surface area is 138 Å². The van der Waals surface area contributed by atoms with E-state index in [4.69, 9.17) is 4.74 Å². The lowest BCUT2D eigenvalue weighted by atomic mass is 9.93. The summed E-state index contributed by atoms with van der Waals surface area (Å²) in [5, 5.41) is 14.0. The molecular formula is C16H21F3N2O3. The van der Waals surface area contributed by atoms with Gasteiger partial charge in [-0.15, -0.1) is 0 Å². The number of ether oxygens (including phenoxy) is 1. The molecule has 0 radical (unpaired) electrons. The SMILES string of the molecule is COc1ccc(C(NC(=O)NC2CCC(O)CC2)C(F)(F)F)cc1. The van der Waals surface area contributed by atoms with Gasteiger partial charge in [0.1, 0.15) is 5.75 Å². The van der Waals surface area contributed by atoms with Crippen LogP contribution in [0.4, 0.5) is 18.0 Å². The van der Waals surface area contributed by atoms with Gasteiger partial charge in [-0.05, 0) is 43.4 Å². The molecule has 1 aromatic rings. The first-order valence-electron chi connectivity index (χ1n) is 7.75. The van der Waals surface area contributed by atoms with Crippen molar-refractivity contribution in [1.29, 1.82) is 0 Å². The van der Waals surface area contributed by atoms with Gasteiger partial charge >= 0.3 is 12.2 Å². The van der Waals surface area contributed by atoms with Gasteiger partial charge in [0.05, 0.1) is 13.2 Å². The number of halogens is 3. The molecule has 0 aliphatic heterocycles.